The lowest BCUT2D eigenvalue weighted by molar-refractivity contribution is 0.221. The number of nitrogens with two attached hydrogens (primary N) is 1. The molecule has 1 heterocycles. The minimum atomic E-state index is 0. The minimum absolute atomic E-state index is 0. The highest BCUT2D eigenvalue weighted by molar-refractivity contribution is 14.0. The van der Waals surface area contributed by atoms with E-state index in [2.05, 4.69) is 34.0 Å². The summed E-state index contributed by atoms with van der Waals surface area (Å²) in [6.07, 6.45) is 2.60. The number of benzene rings is 1. The van der Waals surface area contributed by atoms with Crippen molar-refractivity contribution < 1.29 is 4.74 Å². The molecule has 1 aromatic carbocycles. The molecule has 3 N–H and O–H groups in total. The minimum Gasteiger partial charge on any atom is -0.492 e. The first-order valence-electron chi connectivity index (χ1n) is 9.59. The molecule has 0 saturated heterocycles. The van der Waals surface area contributed by atoms with E-state index >= 15 is 0 Å². The van der Waals surface area contributed by atoms with Gasteiger partial charge in [-0.05, 0) is 31.3 Å². The summed E-state index contributed by atoms with van der Waals surface area (Å²) in [6, 6.07) is 13.9. The molecule has 0 atom stereocenters. The Hall–Kier alpha value is -1.87. The number of aromatic nitrogens is 1. The van der Waals surface area contributed by atoms with Gasteiger partial charge in [-0.2, -0.15) is 0 Å². The van der Waals surface area contributed by atoms with Gasteiger partial charge in [-0.25, -0.2) is 4.99 Å². The summed E-state index contributed by atoms with van der Waals surface area (Å²) < 4.78 is 5.96. The van der Waals surface area contributed by atoms with Crippen molar-refractivity contribution in [2.24, 2.45) is 10.7 Å². The number of hydrogen-bond acceptors (Lipinski definition) is 4. The van der Waals surface area contributed by atoms with Crippen LogP contribution in [0.3, 0.4) is 0 Å². The van der Waals surface area contributed by atoms with Crippen LogP contribution in [0.15, 0.2) is 53.7 Å². The van der Waals surface area contributed by atoms with Gasteiger partial charge in [-0.1, -0.05) is 38.1 Å². The summed E-state index contributed by atoms with van der Waals surface area (Å²) in [4.78, 5) is 11.1. The molecule has 0 aliphatic carbocycles. The molecule has 0 spiro atoms. The Morgan fingerprint density at radius 1 is 1.14 bits per heavy atom. The van der Waals surface area contributed by atoms with Crippen molar-refractivity contribution in [3.8, 4) is 5.75 Å². The largest absolute Gasteiger partial charge is 0.492 e. The highest BCUT2D eigenvalue weighted by atomic mass is 127. The maximum absolute atomic E-state index is 5.98. The molecule has 2 rings (SSSR count). The van der Waals surface area contributed by atoms with Gasteiger partial charge in [0.25, 0.3) is 0 Å². The van der Waals surface area contributed by atoms with Gasteiger partial charge in [-0.3, -0.25) is 4.98 Å². The summed E-state index contributed by atoms with van der Waals surface area (Å²) >= 11 is 0. The normalized spacial score (nSPS) is 11.2. The first kappa shape index (κ1) is 24.2. The number of hydrogen-bond donors (Lipinski definition) is 2. The summed E-state index contributed by atoms with van der Waals surface area (Å²) in [7, 11) is 0. The monoisotopic (exact) mass is 497 g/mol. The van der Waals surface area contributed by atoms with Crippen molar-refractivity contribution in [3.05, 3.63) is 59.9 Å². The van der Waals surface area contributed by atoms with E-state index in [1.807, 2.05) is 42.5 Å². The number of rotatable bonds is 11. The molecule has 1 aromatic heterocycles. The zero-order valence-corrected chi connectivity index (χ0v) is 19.1. The number of nitrogens with one attached hydrogen (secondary N) is 1. The van der Waals surface area contributed by atoms with Crippen molar-refractivity contribution >= 4 is 29.9 Å². The molecule has 0 fully saturated rings. The van der Waals surface area contributed by atoms with Gasteiger partial charge in [0, 0.05) is 37.0 Å². The lowest BCUT2D eigenvalue weighted by Gasteiger charge is -2.18. The van der Waals surface area contributed by atoms with Crippen molar-refractivity contribution in [3.63, 3.8) is 0 Å². The topological polar surface area (TPSA) is 75.8 Å². The first-order valence-corrected chi connectivity index (χ1v) is 9.59. The van der Waals surface area contributed by atoms with Crippen molar-refractivity contribution in [1.82, 2.24) is 15.2 Å². The molecule has 6 nitrogen and oxygen atoms in total. The quantitative estimate of drug-likeness (QED) is 0.284. The van der Waals surface area contributed by atoms with Gasteiger partial charge in [0.2, 0.25) is 0 Å². The number of ether oxygens (including phenoxy) is 1. The zero-order valence-electron chi connectivity index (χ0n) is 16.8. The molecule has 0 bridgehead atoms. The molecule has 0 saturated carbocycles. The number of guanidine groups is 1. The lowest BCUT2D eigenvalue weighted by atomic mass is 10.2. The predicted octanol–water partition coefficient (Wildman–Crippen LogP) is 3.07. The molecule has 28 heavy (non-hydrogen) atoms. The number of aliphatic imine (C=N–C) groups is 1. The Labute approximate surface area is 185 Å². The molecule has 0 radical (unpaired) electrons. The molecule has 0 amide bonds. The fourth-order valence-electron chi connectivity index (χ4n) is 2.69. The van der Waals surface area contributed by atoms with E-state index in [1.54, 1.807) is 6.20 Å². The Bertz CT molecular complexity index is 692. The third-order valence-electron chi connectivity index (χ3n) is 4.37. The van der Waals surface area contributed by atoms with Gasteiger partial charge < -0.3 is 20.7 Å². The average molecular weight is 497 g/mol. The third kappa shape index (κ3) is 8.88. The van der Waals surface area contributed by atoms with Gasteiger partial charge in [0.15, 0.2) is 5.96 Å². The van der Waals surface area contributed by atoms with Crippen LogP contribution >= 0.6 is 24.0 Å². The second-order valence-corrected chi connectivity index (χ2v) is 6.18. The van der Waals surface area contributed by atoms with E-state index in [0.29, 0.717) is 25.7 Å². The summed E-state index contributed by atoms with van der Waals surface area (Å²) in [5.74, 6) is 1.30. The smallest absolute Gasteiger partial charge is 0.188 e. The van der Waals surface area contributed by atoms with E-state index in [4.69, 9.17) is 10.5 Å². The van der Waals surface area contributed by atoms with Crippen LogP contribution in [0.1, 0.15) is 25.1 Å². The van der Waals surface area contributed by atoms with Crippen LogP contribution in [0.5, 0.6) is 5.75 Å². The average Bonchev–Trinajstić information content (AvgIpc) is 2.71. The van der Waals surface area contributed by atoms with E-state index < -0.39 is 0 Å². The fourth-order valence-corrected chi connectivity index (χ4v) is 2.69. The maximum atomic E-state index is 5.98. The Morgan fingerprint density at radius 2 is 1.89 bits per heavy atom. The van der Waals surface area contributed by atoms with Crippen LogP contribution < -0.4 is 15.8 Å². The van der Waals surface area contributed by atoms with Gasteiger partial charge in [0.05, 0.1) is 6.54 Å². The van der Waals surface area contributed by atoms with E-state index in [1.165, 1.54) is 0 Å². The van der Waals surface area contributed by atoms with Crippen LogP contribution in [0.4, 0.5) is 0 Å². The number of likely N-dealkylation sites (N-methyl/N-ethyl adjacent to an activating group) is 1. The van der Waals surface area contributed by atoms with E-state index in [-0.39, 0.29) is 24.0 Å². The van der Waals surface area contributed by atoms with Crippen molar-refractivity contribution in [2.75, 3.05) is 32.8 Å². The maximum Gasteiger partial charge on any atom is 0.188 e. The highest BCUT2D eigenvalue weighted by Crippen LogP contribution is 2.18. The van der Waals surface area contributed by atoms with Crippen LogP contribution in [-0.2, 0) is 13.0 Å². The van der Waals surface area contributed by atoms with Crippen molar-refractivity contribution in [1.29, 1.82) is 0 Å². The summed E-state index contributed by atoms with van der Waals surface area (Å²) in [6.45, 7) is 9.17. The SMILES string of the molecule is CCN(CC)CCOc1ccccc1CN=C(N)NCCc1ccccn1.I. The van der Waals surface area contributed by atoms with Crippen LogP contribution in [0, 0.1) is 0 Å². The molecule has 0 aliphatic rings. The fraction of sp³-hybridized carbons (Fsp3) is 0.429. The first-order chi connectivity index (χ1) is 13.2. The summed E-state index contributed by atoms with van der Waals surface area (Å²) in [5.41, 5.74) is 8.05. The molecule has 0 aliphatic heterocycles. The predicted molar refractivity (Wildman–Crippen MR) is 126 cm³/mol. The molecular formula is C21H32IN5O. The van der Waals surface area contributed by atoms with Gasteiger partial charge in [-0.15, -0.1) is 24.0 Å². The van der Waals surface area contributed by atoms with Gasteiger partial charge in [0.1, 0.15) is 12.4 Å². The van der Waals surface area contributed by atoms with E-state index in [9.17, 15) is 0 Å². The molecule has 0 unspecified atom stereocenters. The standard InChI is InChI=1S/C21H31N5O.HI/c1-3-26(4-2)15-16-27-20-11-6-5-9-18(20)17-25-21(22)24-14-12-19-10-7-8-13-23-19;/h5-11,13H,3-4,12,14-17H2,1-2H3,(H3,22,24,25);1H. The number of para-hydroxylation sites is 1. The molecular weight excluding hydrogens is 465 g/mol. The van der Waals surface area contributed by atoms with E-state index in [0.717, 1.165) is 43.1 Å². The second kappa shape index (κ2) is 14.2. The zero-order chi connectivity index (χ0) is 19.3. The third-order valence-corrected chi connectivity index (χ3v) is 4.37. The molecule has 7 heteroatoms. The number of halogens is 1. The number of nitrogens with zero attached hydrogens (tertiary/aromatic N) is 3. The van der Waals surface area contributed by atoms with Crippen LogP contribution in [0.25, 0.3) is 0 Å². The molecule has 2 aromatic rings. The Balaban J connectivity index is 0.00000392. The highest BCUT2D eigenvalue weighted by Gasteiger charge is 2.04. The van der Waals surface area contributed by atoms with Crippen LogP contribution in [-0.4, -0.2) is 48.6 Å². The van der Waals surface area contributed by atoms with Crippen LogP contribution in [0.2, 0.25) is 0 Å². The lowest BCUT2D eigenvalue weighted by Crippen LogP contribution is -2.33. The van der Waals surface area contributed by atoms with Crippen molar-refractivity contribution in [2.45, 2.75) is 26.8 Å². The Morgan fingerprint density at radius 3 is 2.61 bits per heavy atom. The second-order valence-electron chi connectivity index (χ2n) is 6.18. The Kier molecular flexibility index (Phi) is 12.2. The molecule has 154 valence electrons. The summed E-state index contributed by atoms with van der Waals surface area (Å²) in [5, 5.41) is 3.13. The number of pyridine rings is 1. The van der Waals surface area contributed by atoms with Gasteiger partial charge >= 0.3 is 0 Å².